The van der Waals surface area contributed by atoms with Crippen molar-refractivity contribution in [2.45, 2.75) is 6.42 Å². The van der Waals surface area contributed by atoms with E-state index in [-0.39, 0.29) is 5.91 Å². The molecule has 110 valence electrons. The Bertz CT molecular complexity index is 725. The molecule has 1 N–H and O–H groups in total. The average molecular weight is 308 g/mol. The van der Waals surface area contributed by atoms with Gasteiger partial charge in [0.25, 0.3) is 0 Å². The van der Waals surface area contributed by atoms with Crippen LogP contribution in [0.25, 0.3) is 6.08 Å². The first kappa shape index (κ1) is 14.5. The highest BCUT2D eigenvalue weighted by atomic mass is 32.1. The van der Waals surface area contributed by atoms with Crippen molar-refractivity contribution in [3.8, 4) is 0 Å². The fourth-order valence-electron chi connectivity index (χ4n) is 2.50. The zero-order chi connectivity index (χ0) is 15.4. The first-order valence-electron chi connectivity index (χ1n) is 7.17. The molecule has 2 aromatic rings. The third-order valence-electron chi connectivity index (χ3n) is 3.59. The summed E-state index contributed by atoms with van der Waals surface area (Å²) in [5.41, 5.74) is 3.33. The maximum atomic E-state index is 12.0. The van der Waals surface area contributed by atoms with Gasteiger partial charge in [0.15, 0.2) is 5.11 Å². The lowest BCUT2D eigenvalue weighted by Gasteiger charge is -2.19. The number of nitrogens with one attached hydrogen (secondary N) is 1. The van der Waals surface area contributed by atoms with Gasteiger partial charge in [-0.2, -0.15) is 0 Å². The molecule has 1 aliphatic rings. The molecule has 0 saturated heterocycles. The smallest absolute Gasteiger partial charge is 0.250 e. The Kier molecular flexibility index (Phi) is 4.30. The molecule has 0 aromatic heterocycles. The standard InChI is InChI=1S/C18H16N2OS/c21-17(11-10-14-6-2-1-3-7-14)19-18(22)20-13-12-15-8-4-5-9-16(15)20/h1-11H,12-13H2,(H,19,21,22). The van der Waals surface area contributed by atoms with Crippen molar-refractivity contribution < 1.29 is 4.79 Å². The van der Waals surface area contributed by atoms with Crippen LogP contribution in [-0.4, -0.2) is 17.6 Å². The Hall–Kier alpha value is -2.46. The zero-order valence-corrected chi connectivity index (χ0v) is 12.8. The lowest BCUT2D eigenvalue weighted by atomic mass is 10.2. The van der Waals surface area contributed by atoms with Crippen LogP contribution in [0, 0.1) is 0 Å². The molecule has 0 atom stereocenters. The minimum Gasteiger partial charge on any atom is -0.318 e. The van der Waals surface area contributed by atoms with Gasteiger partial charge in [-0.25, -0.2) is 0 Å². The number of hydrogen-bond acceptors (Lipinski definition) is 2. The molecule has 0 spiro atoms. The second-order valence-corrected chi connectivity index (χ2v) is 5.46. The fourth-order valence-corrected chi connectivity index (χ4v) is 2.79. The minimum absolute atomic E-state index is 0.210. The van der Waals surface area contributed by atoms with Crippen molar-refractivity contribution in [3.63, 3.8) is 0 Å². The number of amides is 1. The number of anilines is 1. The van der Waals surface area contributed by atoms with E-state index >= 15 is 0 Å². The number of hydrogen-bond donors (Lipinski definition) is 1. The highest BCUT2D eigenvalue weighted by Crippen LogP contribution is 2.27. The molecule has 0 saturated carbocycles. The predicted molar refractivity (Wildman–Crippen MR) is 93.7 cm³/mol. The van der Waals surface area contributed by atoms with Crippen LogP contribution in [0.15, 0.2) is 60.7 Å². The third-order valence-corrected chi connectivity index (χ3v) is 3.91. The van der Waals surface area contributed by atoms with Crippen LogP contribution in [-0.2, 0) is 11.2 Å². The number of rotatable bonds is 2. The van der Waals surface area contributed by atoms with E-state index in [1.807, 2.05) is 53.4 Å². The monoisotopic (exact) mass is 308 g/mol. The van der Waals surface area contributed by atoms with Crippen molar-refractivity contribution in [2.24, 2.45) is 0 Å². The van der Waals surface area contributed by atoms with Crippen LogP contribution < -0.4 is 10.2 Å². The van der Waals surface area contributed by atoms with Gasteiger partial charge in [-0.1, -0.05) is 48.5 Å². The zero-order valence-electron chi connectivity index (χ0n) is 12.0. The average Bonchev–Trinajstić information content (AvgIpc) is 2.98. The molecule has 0 bridgehead atoms. The van der Waals surface area contributed by atoms with E-state index < -0.39 is 0 Å². The van der Waals surface area contributed by atoms with Gasteiger partial charge in [0.05, 0.1) is 0 Å². The van der Waals surface area contributed by atoms with Crippen LogP contribution in [0.4, 0.5) is 5.69 Å². The minimum atomic E-state index is -0.210. The lowest BCUT2D eigenvalue weighted by molar-refractivity contribution is -0.115. The van der Waals surface area contributed by atoms with Crippen LogP contribution in [0.5, 0.6) is 0 Å². The van der Waals surface area contributed by atoms with Crippen LogP contribution in [0.2, 0.25) is 0 Å². The van der Waals surface area contributed by atoms with Crippen molar-refractivity contribution in [1.29, 1.82) is 0 Å². The van der Waals surface area contributed by atoms with Gasteiger partial charge in [0.2, 0.25) is 5.91 Å². The van der Waals surface area contributed by atoms with E-state index in [1.165, 1.54) is 11.6 Å². The first-order valence-corrected chi connectivity index (χ1v) is 7.58. The molecule has 3 rings (SSSR count). The van der Waals surface area contributed by atoms with E-state index in [2.05, 4.69) is 11.4 Å². The Labute approximate surface area is 135 Å². The molecule has 0 aliphatic carbocycles. The van der Waals surface area contributed by atoms with Crippen molar-refractivity contribution in [1.82, 2.24) is 5.32 Å². The van der Waals surface area contributed by atoms with Crippen molar-refractivity contribution in [3.05, 3.63) is 71.8 Å². The second kappa shape index (κ2) is 6.54. The molecule has 0 unspecified atom stereocenters. The van der Waals surface area contributed by atoms with Crippen molar-refractivity contribution in [2.75, 3.05) is 11.4 Å². The van der Waals surface area contributed by atoms with Gasteiger partial charge in [-0.15, -0.1) is 0 Å². The highest BCUT2D eigenvalue weighted by molar-refractivity contribution is 7.80. The molecule has 1 heterocycles. The number of fused-ring (bicyclic) bond motifs is 1. The molecule has 1 amide bonds. The van der Waals surface area contributed by atoms with Crippen LogP contribution >= 0.6 is 12.2 Å². The summed E-state index contributed by atoms with van der Waals surface area (Å²) in [5.74, 6) is -0.210. The van der Waals surface area contributed by atoms with E-state index in [0.29, 0.717) is 5.11 Å². The Morgan fingerprint density at radius 2 is 1.82 bits per heavy atom. The van der Waals surface area contributed by atoms with Crippen LogP contribution in [0.1, 0.15) is 11.1 Å². The number of benzene rings is 2. The molecule has 2 aromatic carbocycles. The molecule has 4 heteroatoms. The van der Waals surface area contributed by atoms with Gasteiger partial charge < -0.3 is 4.90 Å². The summed E-state index contributed by atoms with van der Waals surface area (Å²) < 4.78 is 0. The summed E-state index contributed by atoms with van der Waals surface area (Å²) in [6.07, 6.45) is 4.23. The summed E-state index contributed by atoms with van der Waals surface area (Å²) >= 11 is 5.36. The fraction of sp³-hybridized carbons (Fsp3) is 0.111. The van der Waals surface area contributed by atoms with Gasteiger partial charge in [0, 0.05) is 18.3 Å². The third kappa shape index (κ3) is 3.23. The maximum Gasteiger partial charge on any atom is 0.250 e. The number of para-hydroxylation sites is 1. The van der Waals surface area contributed by atoms with Gasteiger partial charge in [-0.05, 0) is 41.9 Å². The number of nitrogens with zero attached hydrogens (tertiary/aromatic N) is 1. The molecular weight excluding hydrogens is 292 g/mol. The number of carbonyl (C=O) groups is 1. The summed E-state index contributed by atoms with van der Waals surface area (Å²) in [5, 5.41) is 3.22. The van der Waals surface area contributed by atoms with Crippen LogP contribution in [0.3, 0.4) is 0 Å². The van der Waals surface area contributed by atoms with E-state index in [4.69, 9.17) is 12.2 Å². The highest BCUT2D eigenvalue weighted by Gasteiger charge is 2.22. The Morgan fingerprint density at radius 1 is 1.09 bits per heavy atom. The molecule has 0 fully saturated rings. The normalized spacial score (nSPS) is 13.2. The Balaban J connectivity index is 1.63. The summed E-state index contributed by atoms with van der Waals surface area (Å²) in [7, 11) is 0. The van der Waals surface area contributed by atoms with Crippen molar-refractivity contribution >= 4 is 35.0 Å². The summed E-state index contributed by atoms with van der Waals surface area (Å²) in [6.45, 7) is 0.806. The lowest BCUT2D eigenvalue weighted by Crippen LogP contribution is -2.41. The topological polar surface area (TPSA) is 32.3 Å². The van der Waals surface area contributed by atoms with Gasteiger partial charge in [0.1, 0.15) is 0 Å². The van der Waals surface area contributed by atoms with E-state index in [9.17, 15) is 4.79 Å². The molecule has 3 nitrogen and oxygen atoms in total. The number of carbonyl (C=O) groups excluding carboxylic acids is 1. The number of thiocarbonyl (C=S) groups is 1. The quantitative estimate of drug-likeness (QED) is 0.683. The first-order chi connectivity index (χ1) is 10.7. The summed E-state index contributed by atoms with van der Waals surface area (Å²) in [6, 6.07) is 17.8. The molecular formula is C18H16N2OS. The Morgan fingerprint density at radius 3 is 2.64 bits per heavy atom. The SMILES string of the molecule is O=C(C=Cc1ccccc1)NC(=S)N1CCc2ccccc21. The second-order valence-electron chi connectivity index (χ2n) is 5.07. The molecule has 1 aliphatic heterocycles. The summed E-state index contributed by atoms with van der Waals surface area (Å²) in [4.78, 5) is 14.0. The van der Waals surface area contributed by atoms with Gasteiger partial charge >= 0.3 is 0 Å². The van der Waals surface area contributed by atoms with E-state index in [1.54, 1.807) is 6.08 Å². The molecule has 22 heavy (non-hydrogen) atoms. The largest absolute Gasteiger partial charge is 0.318 e. The maximum absolute atomic E-state index is 12.0. The predicted octanol–water partition coefficient (Wildman–Crippen LogP) is 3.16. The van der Waals surface area contributed by atoms with Gasteiger partial charge in [-0.3, -0.25) is 10.1 Å². The molecule has 0 radical (unpaired) electrons. The van der Waals surface area contributed by atoms with E-state index in [0.717, 1.165) is 24.2 Å².